The molecule has 0 saturated heterocycles. The molecular formula is C14H30O4. The lowest BCUT2D eigenvalue weighted by atomic mass is 10.1. The van der Waals surface area contributed by atoms with Crippen molar-refractivity contribution in [1.29, 1.82) is 0 Å². The molecule has 3 atom stereocenters. The minimum atomic E-state index is -0.445. The van der Waals surface area contributed by atoms with E-state index in [1.165, 1.54) is 12.8 Å². The monoisotopic (exact) mass is 262 g/mol. The molecule has 0 aromatic carbocycles. The van der Waals surface area contributed by atoms with Crippen LogP contribution in [-0.2, 0) is 9.47 Å². The summed E-state index contributed by atoms with van der Waals surface area (Å²) in [4.78, 5) is 0. The molecule has 1 fully saturated rings. The summed E-state index contributed by atoms with van der Waals surface area (Å²) in [7, 11) is 0. The third-order valence-corrected chi connectivity index (χ3v) is 2.75. The van der Waals surface area contributed by atoms with Crippen molar-refractivity contribution in [1.82, 2.24) is 0 Å². The van der Waals surface area contributed by atoms with Gasteiger partial charge in [-0.1, -0.05) is 13.8 Å². The first-order chi connectivity index (χ1) is 8.36. The van der Waals surface area contributed by atoms with Gasteiger partial charge in [-0.3, -0.25) is 0 Å². The van der Waals surface area contributed by atoms with E-state index in [0.29, 0.717) is 24.7 Å². The highest BCUT2D eigenvalue weighted by Crippen LogP contribution is 2.26. The van der Waals surface area contributed by atoms with Gasteiger partial charge in [-0.15, -0.1) is 0 Å². The van der Waals surface area contributed by atoms with Crippen LogP contribution in [0.2, 0.25) is 0 Å². The highest BCUT2D eigenvalue weighted by atomic mass is 16.5. The van der Waals surface area contributed by atoms with Gasteiger partial charge in [0.05, 0.1) is 37.6 Å². The lowest BCUT2D eigenvalue weighted by Gasteiger charge is -2.15. The summed E-state index contributed by atoms with van der Waals surface area (Å²) in [5, 5.41) is 17.1. The Morgan fingerprint density at radius 3 is 2.00 bits per heavy atom. The standard InChI is InChI=1S/C8H16O.C6H14O3/c1-6(2)7(3)9-8-4-5-8;1-5(8)4-9-6(2)3-7/h6-8H,4-5H2,1-3H3;5-8H,3-4H2,1-2H3. The lowest BCUT2D eigenvalue weighted by molar-refractivity contribution is -0.0177. The van der Waals surface area contributed by atoms with Gasteiger partial charge >= 0.3 is 0 Å². The first kappa shape index (κ1) is 17.8. The van der Waals surface area contributed by atoms with Crippen molar-refractivity contribution in [3.05, 3.63) is 0 Å². The molecule has 0 amide bonds. The molecule has 110 valence electrons. The van der Waals surface area contributed by atoms with Gasteiger partial charge in [-0.05, 0) is 39.5 Å². The van der Waals surface area contributed by atoms with E-state index >= 15 is 0 Å². The van der Waals surface area contributed by atoms with Crippen molar-refractivity contribution in [2.24, 2.45) is 5.92 Å². The van der Waals surface area contributed by atoms with E-state index in [-0.39, 0.29) is 12.7 Å². The second kappa shape index (κ2) is 9.73. The maximum atomic E-state index is 8.69. The normalized spacial score (nSPS) is 20.0. The molecule has 1 rings (SSSR count). The van der Waals surface area contributed by atoms with Crippen LogP contribution in [0.15, 0.2) is 0 Å². The Hall–Kier alpha value is -0.160. The van der Waals surface area contributed by atoms with E-state index in [4.69, 9.17) is 19.7 Å². The number of ether oxygens (including phenoxy) is 2. The molecular weight excluding hydrogens is 232 g/mol. The zero-order valence-electron chi connectivity index (χ0n) is 12.4. The summed E-state index contributed by atoms with van der Waals surface area (Å²) in [6.07, 6.45) is 3.03. The van der Waals surface area contributed by atoms with Crippen LogP contribution in [0.3, 0.4) is 0 Å². The molecule has 2 N–H and O–H groups in total. The Morgan fingerprint density at radius 1 is 1.11 bits per heavy atom. The van der Waals surface area contributed by atoms with Crippen LogP contribution in [0, 0.1) is 5.92 Å². The lowest BCUT2D eigenvalue weighted by Crippen LogP contribution is -2.19. The third-order valence-electron chi connectivity index (χ3n) is 2.75. The number of aliphatic hydroxyl groups is 2. The molecule has 1 saturated carbocycles. The highest BCUT2D eigenvalue weighted by molar-refractivity contribution is 4.75. The van der Waals surface area contributed by atoms with Gasteiger partial charge in [0, 0.05) is 0 Å². The average Bonchev–Trinajstić information content (AvgIpc) is 3.10. The summed E-state index contributed by atoms with van der Waals surface area (Å²) in [6, 6.07) is 0. The van der Waals surface area contributed by atoms with Gasteiger partial charge in [-0.25, -0.2) is 0 Å². The van der Waals surface area contributed by atoms with Crippen molar-refractivity contribution < 1.29 is 19.7 Å². The Kier molecular flexibility index (Phi) is 9.64. The second-order valence-corrected chi connectivity index (χ2v) is 5.46. The number of aliphatic hydroxyl groups excluding tert-OH is 2. The number of hydrogen-bond acceptors (Lipinski definition) is 4. The van der Waals surface area contributed by atoms with E-state index in [1.807, 2.05) is 0 Å². The first-order valence-electron chi connectivity index (χ1n) is 6.92. The Morgan fingerprint density at radius 2 is 1.67 bits per heavy atom. The first-order valence-corrected chi connectivity index (χ1v) is 6.92. The average molecular weight is 262 g/mol. The highest BCUT2D eigenvalue weighted by Gasteiger charge is 2.25. The van der Waals surface area contributed by atoms with Crippen LogP contribution in [-0.4, -0.2) is 47.8 Å². The molecule has 0 radical (unpaired) electrons. The topological polar surface area (TPSA) is 58.9 Å². The fourth-order valence-electron chi connectivity index (χ4n) is 1.02. The van der Waals surface area contributed by atoms with Crippen molar-refractivity contribution in [2.75, 3.05) is 13.2 Å². The van der Waals surface area contributed by atoms with Gasteiger partial charge in [0.25, 0.3) is 0 Å². The third kappa shape index (κ3) is 11.0. The summed E-state index contributed by atoms with van der Waals surface area (Å²) in [6.45, 7) is 10.3. The quantitative estimate of drug-likeness (QED) is 0.736. The molecule has 1 aliphatic carbocycles. The predicted octanol–water partition coefficient (Wildman–Crippen LogP) is 1.97. The van der Waals surface area contributed by atoms with Crippen LogP contribution < -0.4 is 0 Å². The summed E-state index contributed by atoms with van der Waals surface area (Å²) >= 11 is 0. The van der Waals surface area contributed by atoms with E-state index in [2.05, 4.69) is 20.8 Å². The molecule has 0 spiro atoms. The Bertz CT molecular complexity index is 190. The van der Waals surface area contributed by atoms with Crippen LogP contribution in [0.5, 0.6) is 0 Å². The Balaban J connectivity index is 0.000000321. The molecule has 0 aromatic rings. The predicted molar refractivity (Wildman–Crippen MR) is 72.6 cm³/mol. The molecule has 0 aliphatic heterocycles. The van der Waals surface area contributed by atoms with Crippen molar-refractivity contribution in [2.45, 2.75) is 71.9 Å². The van der Waals surface area contributed by atoms with Gasteiger partial charge in [0.15, 0.2) is 0 Å². The smallest absolute Gasteiger partial charge is 0.0779 e. The van der Waals surface area contributed by atoms with Gasteiger partial charge in [0.2, 0.25) is 0 Å². The molecule has 4 heteroatoms. The largest absolute Gasteiger partial charge is 0.394 e. The maximum Gasteiger partial charge on any atom is 0.0779 e. The summed E-state index contributed by atoms with van der Waals surface area (Å²) in [5.74, 6) is 0.672. The molecule has 0 bridgehead atoms. The molecule has 18 heavy (non-hydrogen) atoms. The van der Waals surface area contributed by atoms with E-state index in [0.717, 1.165) is 0 Å². The van der Waals surface area contributed by atoms with E-state index < -0.39 is 6.10 Å². The minimum absolute atomic E-state index is 0.00667. The molecule has 0 heterocycles. The van der Waals surface area contributed by atoms with Crippen molar-refractivity contribution in [3.8, 4) is 0 Å². The minimum Gasteiger partial charge on any atom is -0.394 e. The number of hydrogen-bond donors (Lipinski definition) is 2. The summed E-state index contributed by atoms with van der Waals surface area (Å²) in [5.41, 5.74) is 0. The van der Waals surface area contributed by atoms with Crippen molar-refractivity contribution >= 4 is 0 Å². The van der Waals surface area contributed by atoms with Gasteiger partial charge < -0.3 is 19.7 Å². The maximum absolute atomic E-state index is 8.69. The van der Waals surface area contributed by atoms with Gasteiger partial charge in [-0.2, -0.15) is 0 Å². The molecule has 1 aliphatic rings. The molecule has 3 unspecified atom stereocenters. The molecule has 4 nitrogen and oxygen atoms in total. The SMILES string of the molecule is CC(C)C(C)OC1CC1.CC(O)COC(C)CO. The zero-order chi connectivity index (χ0) is 14.1. The van der Waals surface area contributed by atoms with Crippen LogP contribution in [0.4, 0.5) is 0 Å². The van der Waals surface area contributed by atoms with E-state index in [9.17, 15) is 0 Å². The van der Waals surface area contributed by atoms with Crippen LogP contribution in [0.25, 0.3) is 0 Å². The van der Waals surface area contributed by atoms with Gasteiger partial charge in [0.1, 0.15) is 0 Å². The summed E-state index contributed by atoms with van der Waals surface area (Å²) < 4.78 is 10.6. The van der Waals surface area contributed by atoms with Crippen molar-refractivity contribution in [3.63, 3.8) is 0 Å². The fraction of sp³-hybridized carbons (Fsp3) is 1.00. The van der Waals surface area contributed by atoms with Crippen LogP contribution >= 0.6 is 0 Å². The zero-order valence-corrected chi connectivity index (χ0v) is 12.4. The fourth-order valence-corrected chi connectivity index (χ4v) is 1.02. The van der Waals surface area contributed by atoms with Crippen LogP contribution in [0.1, 0.15) is 47.5 Å². The Labute approximate surface area is 111 Å². The van der Waals surface area contributed by atoms with E-state index in [1.54, 1.807) is 13.8 Å². The molecule has 0 aromatic heterocycles. The second-order valence-electron chi connectivity index (χ2n) is 5.46. The number of rotatable bonds is 7.